The number of carboxylic acid groups (broad SMARTS) is 1. The third-order valence-electron chi connectivity index (χ3n) is 4.75. The molecule has 6 heteroatoms. The molecule has 0 saturated carbocycles. The van der Waals surface area contributed by atoms with Crippen molar-refractivity contribution < 1.29 is 24.2 Å². The number of phenolic OH excluding ortho intramolecular Hbond substituents is 1. The fourth-order valence-corrected chi connectivity index (χ4v) is 3.35. The van der Waals surface area contributed by atoms with E-state index in [2.05, 4.69) is 0 Å². The van der Waals surface area contributed by atoms with Crippen molar-refractivity contribution in [1.82, 2.24) is 4.90 Å². The summed E-state index contributed by atoms with van der Waals surface area (Å²) >= 11 is 0. The topological polar surface area (TPSA) is 77.8 Å². The van der Waals surface area contributed by atoms with Crippen LogP contribution in [0.25, 0.3) is 0 Å². The zero-order chi connectivity index (χ0) is 18.7. The number of aromatic carboxylic acids is 1. The second kappa shape index (κ2) is 7.56. The van der Waals surface area contributed by atoms with Gasteiger partial charge in [0.2, 0.25) is 5.91 Å². The summed E-state index contributed by atoms with van der Waals surface area (Å²) in [6.07, 6.45) is 1.79. The van der Waals surface area contributed by atoms with Crippen LogP contribution in [0.15, 0.2) is 42.5 Å². The first-order valence-corrected chi connectivity index (χ1v) is 8.52. The van der Waals surface area contributed by atoms with Crippen molar-refractivity contribution in [2.45, 2.75) is 25.2 Å². The van der Waals surface area contributed by atoms with Crippen LogP contribution in [0.5, 0.6) is 5.75 Å². The number of aromatic hydroxyl groups is 1. The van der Waals surface area contributed by atoms with Crippen LogP contribution in [-0.2, 0) is 11.2 Å². The van der Waals surface area contributed by atoms with Crippen molar-refractivity contribution in [1.29, 1.82) is 0 Å². The van der Waals surface area contributed by atoms with Crippen LogP contribution in [-0.4, -0.2) is 40.1 Å². The quantitative estimate of drug-likeness (QED) is 0.881. The summed E-state index contributed by atoms with van der Waals surface area (Å²) in [7, 11) is 0. The van der Waals surface area contributed by atoms with Crippen molar-refractivity contribution in [3.05, 3.63) is 65.0 Å². The summed E-state index contributed by atoms with van der Waals surface area (Å²) in [5, 5.41) is 18.4. The third kappa shape index (κ3) is 4.02. The van der Waals surface area contributed by atoms with Gasteiger partial charge in [-0.1, -0.05) is 18.2 Å². The zero-order valence-electron chi connectivity index (χ0n) is 14.2. The molecule has 0 unspecified atom stereocenters. The van der Waals surface area contributed by atoms with E-state index in [4.69, 9.17) is 5.11 Å². The molecular weight excluding hydrogens is 337 g/mol. The Labute approximate surface area is 150 Å². The third-order valence-corrected chi connectivity index (χ3v) is 4.75. The van der Waals surface area contributed by atoms with E-state index in [1.165, 1.54) is 18.2 Å². The van der Waals surface area contributed by atoms with E-state index in [1.54, 1.807) is 23.1 Å². The van der Waals surface area contributed by atoms with E-state index < -0.39 is 17.5 Å². The normalized spacial score (nSPS) is 17.1. The molecule has 1 fully saturated rings. The summed E-state index contributed by atoms with van der Waals surface area (Å²) in [6.45, 7) is 1.15. The number of benzene rings is 2. The van der Waals surface area contributed by atoms with Crippen LogP contribution in [0.4, 0.5) is 4.39 Å². The molecule has 1 saturated heterocycles. The van der Waals surface area contributed by atoms with Crippen molar-refractivity contribution >= 4 is 11.9 Å². The maximum absolute atomic E-state index is 13.4. The van der Waals surface area contributed by atoms with Crippen molar-refractivity contribution in [3.8, 4) is 5.75 Å². The van der Waals surface area contributed by atoms with Crippen molar-refractivity contribution in [2.75, 3.05) is 13.1 Å². The average molecular weight is 357 g/mol. The second-order valence-corrected chi connectivity index (χ2v) is 6.57. The highest BCUT2D eigenvalue weighted by atomic mass is 19.1. The predicted octanol–water partition coefficient (Wildman–Crippen LogP) is 3.18. The number of amides is 1. The van der Waals surface area contributed by atoms with Crippen LogP contribution in [0, 0.1) is 5.82 Å². The molecule has 0 spiro atoms. The first-order valence-electron chi connectivity index (χ1n) is 8.52. The number of carbonyl (C=O) groups excluding carboxylic acids is 1. The van der Waals surface area contributed by atoms with Crippen LogP contribution >= 0.6 is 0 Å². The number of halogens is 1. The molecule has 136 valence electrons. The van der Waals surface area contributed by atoms with E-state index >= 15 is 0 Å². The molecule has 2 N–H and O–H groups in total. The molecule has 0 aliphatic carbocycles. The first-order chi connectivity index (χ1) is 12.4. The molecular formula is C20H20FNO4. The van der Waals surface area contributed by atoms with E-state index in [1.807, 2.05) is 6.07 Å². The predicted molar refractivity (Wildman–Crippen MR) is 93.7 cm³/mol. The van der Waals surface area contributed by atoms with Gasteiger partial charge >= 0.3 is 5.97 Å². The standard InChI is InChI=1S/C20H20FNO4/c21-17-9-13(6-7-18(17)23)10-19(24)22-8-2-5-16(12-22)14-3-1-4-15(11-14)20(25)26/h1,3-4,6-7,9,11,16,23H,2,5,8,10,12H2,(H,25,26)/t16-/m1/s1. The van der Waals surface area contributed by atoms with Gasteiger partial charge in [0.15, 0.2) is 11.6 Å². The maximum Gasteiger partial charge on any atom is 0.335 e. The highest BCUT2D eigenvalue weighted by molar-refractivity contribution is 5.87. The Hall–Kier alpha value is -2.89. The molecule has 1 aliphatic heterocycles. The molecule has 1 amide bonds. The van der Waals surface area contributed by atoms with Crippen LogP contribution in [0.1, 0.15) is 40.2 Å². The average Bonchev–Trinajstić information content (AvgIpc) is 2.65. The number of rotatable bonds is 4. The van der Waals surface area contributed by atoms with Crippen LogP contribution in [0.2, 0.25) is 0 Å². The molecule has 0 aromatic heterocycles. The monoisotopic (exact) mass is 357 g/mol. The minimum Gasteiger partial charge on any atom is -0.505 e. The summed E-state index contributed by atoms with van der Waals surface area (Å²) < 4.78 is 13.4. The number of piperidine rings is 1. The number of phenols is 1. The smallest absolute Gasteiger partial charge is 0.335 e. The van der Waals surface area contributed by atoms with Crippen molar-refractivity contribution in [2.24, 2.45) is 0 Å². The van der Waals surface area contributed by atoms with E-state index in [0.717, 1.165) is 18.4 Å². The fourth-order valence-electron chi connectivity index (χ4n) is 3.35. The Morgan fingerprint density at radius 1 is 1.19 bits per heavy atom. The van der Waals surface area contributed by atoms with Gasteiger partial charge in [-0.05, 0) is 48.2 Å². The van der Waals surface area contributed by atoms with Gasteiger partial charge in [-0.2, -0.15) is 0 Å². The van der Waals surface area contributed by atoms with Crippen molar-refractivity contribution in [3.63, 3.8) is 0 Å². The van der Waals surface area contributed by atoms with E-state index in [-0.39, 0.29) is 23.8 Å². The van der Waals surface area contributed by atoms with Gasteiger partial charge < -0.3 is 15.1 Å². The summed E-state index contributed by atoms with van der Waals surface area (Å²) in [6, 6.07) is 10.8. The summed E-state index contributed by atoms with van der Waals surface area (Å²) in [5.41, 5.74) is 1.67. The summed E-state index contributed by atoms with van der Waals surface area (Å²) in [5.74, 6) is -2.16. The van der Waals surface area contributed by atoms with Gasteiger partial charge in [-0.15, -0.1) is 0 Å². The lowest BCUT2D eigenvalue weighted by Gasteiger charge is -2.33. The molecule has 3 rings (SSSR count). The zero-order valence-corrected chi connectivity index (χ0v) is 14.2. The van der Waals surface area contributed by atoms with E-state index in [9.17, 15) is 19.1 Å². The minimum absolute atomic E-state index is 0.0685. The van der Waals surface area contributed by atoms with Crippen LogP contribution < -0.4 is 0 Å². The SMILES string of the molecule is O=C(O)c1cccc([C@@H]2CCCN(C(=O)Cc3ccc(O)c(F)c3)C2)c1. The Kier molecular flexibility index (Phi) is 5.21. The molecule has 1 atom stereocenters. The maximum atomic E-state index is 13.4. The molecule has 2 aromatic carbocycles. The Balaban J connectivity index is 1.69. The molecule has 2 aromatic rings. The highest BCUT2D eigenvalue weighted by Crippen LogP contribution is 2.28. The van der Waals surface area contributed by atoms with Gasteiger partial charge in [0.25, 0.3) is 0 Å². The molecule has 1 heterocycles. The number of likely N-dealkylation sites (tertiary alicyclic amines) is 1. The fraction of sp³-hybridized carbons (Fsp3) is 0.300. The number of nitrogens with zero attached hydrogens (tertiary/aromatic N) is 1. The number of carboxylic acids is 1. The molecule has 0 radical (unpaired) electrons. The number of hydrogen-bond donors (Lipinski definition) is 2. The molecule has 0 bridgehead atoms. The second-order valence-electron chi connectivity index (χ2n) is 6.57. The van der Waals surface area contributed by atoms with Gasteiger partial charge in [0, 0.05) is 19.0 Å². The van der Waals surface area contributed by atoms with Gasteiger partial charge in [-0.25, -0.2) is 9.18 Å². The largest absolute Gasteiger partial charge is 0.505 e. The Bertz CT molecular complexity index is 836. The Morgan fingerprint density at radius 3 is 2.73 bits per heavy atom. The molecule has 5 nitrogen and oxygen atoms in total. The highest BCUT2D eigenvalue weighted by Gasteiger charge is 2.25. The first kappa shape index (κ1) is 17.9. The number of hydrogen-bond acceptors (Lipinski definition) is 3. The number of carbonyl (C=O) groups is 2. The molecule has 1 aliphatic rings. The lowest BCUT2D eigenvalue weighted by Crippen LogP contribution is -2.40. The van der Waals surface area contributed by atoms with Gasteiger partial charge in [-0.3, -0.25) is 4.79 Å². The van der Waals surface area contributed by atoms with Crippen LogP contribution in [0.3, 0.4) is 0 Å². The minimum atomic E-state index is -0.968. The summed E-state index contributed by atoms with van der Waals surface area (Å²) in [4.78, 5) is 25.5. The van der Waals surface area contributed by atoms with Gasteiger partial charge in [0.05, 0.1) is 12.0 Å². The van der Waals surface area contributed by atoms with E-state index in [0.29, 0.717) is 18.7 Å². The Morgan fingerprint density at radius 2 is 2.00 bits per heavy atom. The van der Waals surface area contributed by atoms with Gasteiger partial charge in [0.1, 0.15) is 0 Å². The molecule has 26 heavy (non-hydrogen) atoms. The lowest BCUT2D eigenvalue weighted by atomic mass is 9.89. The lowest BCUT2D eigenvalue weighted by molar-refractivity contribution is -0.131.